The van der Waals surface area contributed by atoms with Gasteiger partial charge in [0.05, 0.1) is 18.6 Å². The van der Waals surface area contributed by atoms with Gasteiger partial charge in [-0.3, -0.25) is 4.79 Å². The first-order valence-electron chi connectivity index (χ1n) is 6.60. The highest BCUT2D eigenvalue weighted by Gasteiger charge is 2.34. The van der Waals surface area contributed by atoms with Crippen LogP contribution in [0.4, 0.5) is 0 Å². The Morgan fingerprint density at radius 1 is 1.14 bits per heavy atom. The molecule has 9 heteroatoms. The van der Waals surface area contributed by atoms with Crippen LogP contribution in [0.1, 0.15) is 26.2 Å². The van der Waals surface area contributed by atoms with Gasteiger partial charge in [-0.1, -0.05) is 19.8 Å². The second-order valence-corrected chi connectivity index (χ2v) is 4.70. The van der Waals surface area contributed by atoms with Crippen LogP contribution in [0.2, 0.25) is 0 Å². The van der Waals surface area contributed by atoms with E-state index in [1.54, 1.807) is 0 Å². The van der Waals surface area contributed by atoms with E-state index in [2.05, 4.69) is 0 Å². The summed E-state index contributed by atoms with van der Waals surface area (Å²) >= 11 is 0. The van der Waals surface area contributed by atoms with Crippen molar-refractivity contribution in [3.8, 4) is 0 Å². The van der Waals surface area contributed by atoms with E-state index >= 15 is 0 Å². The fourth-order valence-corrected chi connectivity index (χ4v) is 1.59. The first kappa shape index (κ1) is 19.7. The van der Waals surface area contributed by atoms with Crippen LogP contribution in [0.15, 0.2) is 0 Å². The number of rotatable bonds is 10. The summed E-state index contributed by atoms with van der Waals surface area (Å²) in [6.07, 6.45) is -6.68. The molecule has 0 aromatic carbocycles. The Labute approximate surface area is 121 Å². The quantitative estimate of drug-likeness (QED) is 0.236. The zero-order chi connectivity index (χ0) is 16.6. The second kappa shape index (κ2) is 9.64. The third kappa shape index (κ3) is 6.36. The van der Waals surface area contributed by atoms with Gasteiger partial charge in [-0.2, -0.15) is 0 Å². The molecular weight excluding hydrogens is 286 g/mol. The molecule has 0 spiro atoms. The van der Waals surface area contributed by atoms with Crippen molar-refractivity contribution in [3.63, 3.8) is 0 Å². The molecule has 0 saturated carbocycles. The minimum atomic E-state index is -2.16. The van der Waals surface area contributed by atoms with Gasteiger partial charge in [0.15, 0.2) is 6.10 Å². The fourth-order valence-electron chi connectivity index (χ4n) is 1.59. The van der Waals surface area contributed by atoms with Gasteiger partial charge in [-0.25, -0.2) is 0 Å². The van der Waals surface area contributed by atoms with E-state index in [0.29, 0.717) is 12.8 Å². The molecule has 0 aliphatic heterocycles. The van der Waals surface area contributed by atoms with Gasteiger partial charge in [0.2, 0.25) is 0 Å². The molecule has 1 amide bonds. The molecule has 124 valence electrons. The van der Waals surface area contributed by atoms with Gasteiger partial charge in [-0.05, 0) is 6.42 Å². The summed E-state index contributed by atoms with van der Waals surface area (Å²) in [6, 6.07) is -1.33. The van der Waals surface area contributed by atoms with Crippen LogP contribution in [0.3, 0.4) is 0 Å². The van der Waals surface area contributed by atoms with Gasteiger partial charge >= 0.3 is 0 Å². The van der Waals surface area contributed by atoms with Gasteiger partial charge in [0, 0.05) is 0 Å². The van der Waals surface area contributed by atoms with Crippen LogP contribution in [-0.2, 0) is 9.59 Å². The normalized spacial score (nSPS) is 18.4. The number of aliphatic hydroxyl groups excluding tert-OH is 5. The highest BCUT2D eigenvalue weighted by Crippen LogP contribution is 2.07. The van der Waals surface area contributed by atoms with Crippen molar-refractivity contribution in [1.29, 1.82) is 0 Å². The predicted molar refractivity (Wildman–Crippen MR) is 67.6 cm³/mol. The third-order valence-corrected chi connectivity index (χ3v) is 2.97. The first-order valence-corrected chi connectivity index (χ1v) is 6.60. The number of carbonyl (C=O) groups excluding carboxylic acids is 2. The van der Waals surface area contributed by atoms with Crippen molar-refractivity contribution in [2.75, 3.05) is 6.61 Å². The Kier molecular flexibility index (Phi) is 9.06. The summed E-state index contributed by atoms with van der Waals surface area (Å²) in [6.45, 7) is 0.935. The number of unbranched alkanes of at least 4 members (excludes halogenated alkanes) is 1. The molecule has 0 aromatic rings. The van der Waals surface area contributed by atoms with E-state index in [-0.39, 0.29) is 6.42 Å². The number of hydrogen-bond donors (Lipinski definition) is 6. The van der Waals surface area contributed by atoms with Crippen LogP contribution in [0.5, 0.6) is 0 Å². The molecule has 9 nitrogen and oxygen atoms in total. The zero-order valence-corrected chi connectivity index (χ0v) is 11.7. The second-order valence-electron chi connectivity index (χ2n) is 4.70. The summed E-state index contributed by atoms with van der Waals surface area (Å²) in [5, 5.41) is 58.9. The number of nitrogens with one attached hydrogen (secondary N) is 1. The van der Waals surface area contributed by atoms with Gasteiger partial charge in [0.25, 0.3) is 5.91 Å². The average Bonchev–Trinajstić information content (AvgIpc) is 2.47. The molecule has 0 aliphatic rings. The molecular formula is C12H22NO8-. The lowest BCUT2D eigenvalue weighted by molar-refractivity contribution is -0.308. The molecule has 6 N–H and O–H groups in total. The molecule has 5 atom stereocenters. The van der Waals surface area contributed by atoms with Crippen molar-refractivity contribution in [1.82, 2.24) is 5.32 Å². The minimum Gasteiger partial charge on any atom is -0.548 e. The third-order valence-electron chi connectivity index (χ3n) is 2.97. The summed E-state index contributed by atoms with van der Waals surface area (Å²) in [7, 11) is 0. The molecule has 0 aliphatic carbocycles. The number of aliphatic carboxylic acids is 1. The van der Waals surface area contributed by atoms with Crippen LogP contribution < -0.4 is 10.4 Å². The van der Waals surface area contributed by atoms with Crippen LogP contribution >= 0.6 is 0 Å². The fraction of sp³-hybridized carbons (Fsp3) is 0.833. The maximum atomic E-state index is 11.6. The van der Waals surface area contributed by atoms with Crippen molar-refractivity contribution >= 4 is 11.9 Å². The molecule has 0 heterocycles. The number of amides is 1. The monoisotopic (exact) mass is 308 g/mol. The number of carboxylic acid groups (broad SMARTS) is 1. The van der Waals surface area contributed by atoms with Crippen molar-refractivity contribution < 1.29 is 40.2 Å². The predicted octanol–water partition coefficient (Wildman–Crippen LogP) is -4.15. The molecule has 0 saturated heterocycles. The highest BCUT2D eigenvalue weighted by atomic mass is 16.4. The van der Waals surface area contributed by atoms with Crippen LogP contribution in [0.25, 0.3) is 0 Å². The first-order chi connectivity index (χ1) is 9.76. The molecule has 0 fully saturated rings. The number of carboxylic acids is 1. The van der Waals surface area contributed by atoms with Gasteiger partial charge in [0.1, 0.15) is 18.3 Å². The SMILES string of the molecule is CCCCC(NC(=O)C(O)C(O)C(O)C(O)CO)C(=O)[O-]. The smallest absolute Gasteiger partial charge is 0.252 e. The Hall–Kier alpha value is -1.26. The lowest BCUT2D eigenvalue weighted by Crippen LogP contribution is -2.56. The Morgan fingerprint density at radius 3 is 2.14 bits per heavy atom. The molecule has 0 rings (SSSR count). The van der Waals surface area contributed by atoms with Gasteiger partial charge < -0.3 is 40.8 Å². The van der Waals surface area contributed by atoms with Crippen LogP contribution in [-0.4, -0.2) is 74.5 Å². The summed E-state index contributed by atoms with van der Waals surface area (Å²) in [5.74, 6) is -2.76. The largest absolute Gasteiger partial charge is 0.548 e. The van der Waals surface area contributed by atoms with Gasteiger partial charge in [-0.15, -0.1) is 0 Å². The maximum Gasteiger partial charge on any atom is 0.252 e. The molecule has 0 radical (unpaired) electrons. The number of aliphatic hydroxyl groups is 5. The topological polar surface area (TPSA) is 170 Å². The Balaban J connectivity index is 4.64. The molecule has 0 aromatic heterocycles. The van der Waals surface area contributed by atoms with Crippen molar-refractivity contribution in [2.45, 2.75) is 56.6 Å². The molecule has 0 bridgehead atoms. The number of carbonyl (C=O) groups is 2. The minimum absolute atomic E-state index is 0.0925. The van der Waals surface area contributed by atoms with E-state index in [1.165, 1.54) is 0 Å². The van der Waals surface area contributed by atoms with E-state index < -0.39 is 48.9 Å². The van der Waals surface area contributed by atoms with E-state index in [4.69, 9.17) is 10.2 Å². The Morgan fingerprint density at radius 2 is 1.71 bits per heavy atom. The molecule has 5 unspecified atom stereocenters. The van der Waals surface area contributed by atoms with Crippen molar-refractivity contribution in [2.24, 2.45) is 0 Å². The lowest BCUT2D eigenvalue weighted by Gasteiger charge is -2.27. The maximum absolute atomic E-state index is 11.6. The summed E-state index contributed by atoms with van der Waals surface area (Å²) in [5.41, 5.74) is 0. The van der Waals surface area contributed by atoms with E-state index in [1.807, 2.05) is 12.2 Å². The van der Waals surface area contributed by atoms with E-state index in [9.17, 15) is 30.0 Å². The Bertz CT molecular complexity index is 337. The zero-order valence-electron chi connectivity index (χ0n) is 11.7. The summed E-state index contributed by atoms with van der Waals surface area (Å²) < 4.78 is 0. The van der Waals surface area contributed by atoms with Crippen molar-refractivity contribution in [3.05, 3.63) is 0 Å². The lowest BCUT2D eigenvalue weighted by atomic mass is 10.0. The average molecular weight is 308 g/mol. The van der Waals surface area contributed by atoms with Crippen LogP contribution in [0, 0.1) is 0 Å². The summed E-state index contributed by atoms with van der Waals surface area (Å²) in [4.78, 5) is 22.4. The number of hydrogen-bond acceptors (Lipinski definition) is 8. The highest BCUT2D eigenvalue weighted by molar-refractivity contribution is 5.86. The molecule has 21 heavy (non-hydrogen) atoms. The van der Waals surface area contributed by atoms with E-state index in [0.717, 1.165) is 0 Å². The standard InChI is InChI=1S/C12H23NO8/c1-2-3-4-6(12(20)21)13-11(19)10(18)9(17)8(16)7(15)5-14/h6-10,14-18H,2-5H2,1H3,(H,13,19)(H,20,21)/p-1.